The molecule has 0 aliphatic heterocycles. The molecule has 0 aromatic heterocycles. The number of benzene rings is 2. The van der Waals surface area contributed by atoms with Crippen molar-refractivity contribution in [2.45, 2.75) is 71.5 Å². The van der Waals surface area contributed by atoms with E-state index in [2.05, 4.69) is 31.4 Å². The Morgan fingerprint density at radius 3 is 1.80 bits per heavy atom. The van der Waals surface area contributed by atoms with Gasteiger partial charge in [0.25, 0.3) is 0 Å². The highest BCUT2D eigenvalue weighted by molar-refractivity contribution is 5.96. The van der Waals surface area contributed by atoms with E-state index in [0.717, 1.165) is 64.6 Å². The van der Waals surface area contributed by atoms with E-state index in [-0.39, 0.29) is 25.4 Å². The van der Waals surface area contributed by atoms with E-state index in [0.29, 0.717) is 12.8 Å². The van der Waals surface area contributed by atoms with Gasteiger partial charge in [-0.25, -0.2) is 9.59 Å². The van der Waals surface area contributed by atoms with E-state index in [4.69, 9.17) is 18.9 Å². The Labute approximate surface area is 207 Å². The fourth-order valence-corrected chi connectivity index (χ4v) is 4.35. The second-order valence-electron chi connectivity index (χ2n) is 8.84. The van der Waals surface area contributed by atoms with Crippen LogP contribution in [-0.2, 0) is 31.9 Å². The second kappa shape index (κ2) is 12.4. The van der Waals surface area contributed by atoms with Gasteiger partial charge in [-0.15, -0.1) is 0 Å². The number of rotatable bonds is 12. The largest absolute Gasteiger partial charge is 0.489 e. The SMILES string of the molecule is C=CC(=O)OC(CC)COc1c2c(c(OCC(CC)OC(=O)C=C)c3cc(C)ccc13)CCCC2. The van der Waals surface area contributed by atoms with Gasteiger partial charge in [0.05, 0.1) is 0 Å². The Kier molecular flexibility index (Phi) is 9.35. The summed E-state index contributed by atoms with van der Waals surface area (Å²) in [5.74, 6) is 0.771. The lowest BCUT2D eigenvalue weighted by molar-refractivity contribution is -0.145. The molecule has 2 aromatic carbocycles. The topological polar surface area (TPSA) is 71.1 Å². The van der Waals surface area contributed by atoms with Crippen LogP contribution in [0, 0.1) is 6.92 Å². The molecule has 1 aliphatic rings. The molecule has 1 aliphatic carbocycles. The Bertz CT molecular complexity index is 1090. The minimum absolute atomic E-state index is 0.265. The number of hydrogen-bond acceptors (Lipinski definition) is 6. The molecule has 6 heteroatoms. The van der Waals surface area contributed by atoms with Crippen molar-refractivity contribution in [3.8, 4) is 11.5 Å². The van der Waals surface area contributed by atoms with Gasteiger partial charge in [-0.2, -0.15) is 0 Å². The summed E-state index contributed by atoms with van der Waals surface area (Å²) in [6.07, 6.45) is 6.81. The van der Waals surface area contributed by atoms with Crippen LogP contribution in [0.25, 0.3) is 10.8 Å². The van der Waals surface area contributed by atoms with Gasteiger partial charge in [0, 0.05) is 34.1 Å². The maximum atomic E-state index is 11.7. The van der Waals surface area contributed by atoms with Crippen molar-refractivity contribution in [1.82, 2.24) is 0 Å². The summed E-state index contributed by atoms with van der Waals surface area (Å²) in [4.78, 5) is 23.4. The first kappa shape index (κ1) is 26.3. The standard InChI is InChI=1S/C29H36O6/c1-6-20(34-26(30)8-3)17-32-28-22-12-10-11-13-23(22)29(25-16-19(5)14-15-24(25)28)33-18-21(7-2)35-27(31)9-4/h8-9,14-16,20-21H,3-4,6-7,10-13,17-18H2,1-2,5H3. The van der Waals surface area contributed by atoms with Gasteiger partial charge in [0.2, 0.25) is 0 Å². The number of carbonyl (C=O) groups excluding carboxylic acids is 2. The van der Waals surface area contributed by atoms with E-state index < -0.39 is 11.9 Å². The van der Waals surface area contributed by atoms with Crippen molar-refractivity contribution in [2.75, 3.05) is 13.2 Å². The van der Waals surface area contributed by atoms with Crippen molar-refractivity contribution in [2.24, 2.45) is 0 Å². The van der Waals surface area contributed by atoms with Crippen molar-refractivity contribution in [3.05, 3.63) is 60.2 Å². The van der Waals surface area contributed by atoms with Gasteiger partial charge in [0.15, 0.2) is 0 Å². The average molecular weight is 481 g/mol. The molecule has 3 rings (SSSR count). The molecular formula is C29H36O6. The molecule has 0 saturated heterocycles. The molecule has 6 nitrogen and oxygen atoms in total. The smallest absolute Gasteiger partial charge is 0.330 e. The number of carbonyl (C=O) groups is 2. The third kappa shape index (κ3) is 6.44. The lowest BCUT2D eigenvalue weighted by atomic mass is 9.86. The predicted octanol–water partition coefficient (Wildman–Crippen LogP) is 5.80. The molecule has 0 amide bonds. The summed E-state index contributed by atoms with van der Waals surface area (Å²) in [6, 6.07) is 6.23. The monoisotopic (exact) mass is 480 g/mol. The van der Waals surface area contributed by atoms with Gasteiger partial charge in [-0.1, -0.05) is 44.7 Å². The first-order chi connectivity index (χ1) is 16.9. The Morgan fingerprint density at radius 2 is 1.34 bits per heavy atom. The summed E-state index contributed by atoms with van der Waals surface area (Å²) in [6.45, 7) is 13.5. The molecule has 2 unspecified atom stereocenters. The third-order valence-corrected chi connectivity index (χ3v) is 6.32. The lowest BCUT2D eigenvalue weighted by Crippen LogP contribution is -2.25. The van der Waals surface area contributed by atoms with Gasteiger partial charge in [0.1, 0.15) is 36.9 Å². The summed E-state index contributed by atoms with van der Waals surface area (Å²) in [5.41, 5.74) is 3.40. The summed E-state index contributed by atoms with van der Waals surface area (Å²) < 4.78 is 23.6. The summed E-state index contributed by atoms with van der Waals surface area (Å²) in [5, 5.41) is 1.94. The van der Waals surface area contributed by atoms with E-state index in [1.165, 1.54) is 12.2 Å². The molecule has 0 fully saturated rings. The Hall–Kier alpha value is -3.28. The van der Waals surface area contributed by atoms with Crippen LogP contribution in [0.3, 0.4) is 0 Å². The van der Waals surface area contributed by atoms with Crippen LogP contribution in [0.1, 0.15) is 56.2 Å². The number of hydrogen-bond donors (Lipinski definition) is 0. The van der Waals surface area contributed by atoms with Crippen molar-refractivity contribution >= 4 is 22.7 Å². The van der Waals surface area contributed by atoms with E-state index in [1.807, 2.05) is 20.8 Å². The molecule has 0 N–H and O–H groups in total. The van der Waals surface area contributed by atoms with E-state index >= 15 is 0 Å². The Balaban J connectivity index is 1.99. The van der Waals surface area contributed by atoms with Crippen LogP contribution in [-0.4, -0.2) is 37.4 Å². The fourth-order valence-electron chi connectivity index (χ4n) is 4.35. The van der Waals surface area contributed by atoms with Gasteiger partial charge >= 0.3 is 11.9 Å². The number of fused-ring (bicyclic) bond motifs is 2. The maximum Gasteiger partial charge on any atom is 0.330 e. The molecular weight excluding hydrogens is 444 g/mol. The average Bonchev–Trinajstić information content (AvgIpc) is 2.88. The molecule has 0 heterocycles. The van der Waals surface area contributed by atoms with Crippen molar-refractivity contribution in [3.63, 3.8) is 0 Å². The fraction of sp³-hybridized carbons (Fsp3) is 0.448. The maximum absolute atomic E-state index is 11.7. The minimum atomic E-state index is -0.450. The van der Waals surface area contributed by atoms with E-state index in [1.54, 1.807) is 0 Å². The summed E-state index contributed by atoms with van der Waals surface area (Å²) in [7, 11) is 0. The minimum Gasteiger partial charge on any atom is -0.489 e. The van der Waals surface area contributed by atoms with Crippen LogP contribution in [0.15, 0.2) is 43.5 Å². The lowest BCUT2D eigenvalue weighted by Gasteiger charge is -2.27. The van der Waals surface area contributed by atoms with Gasteiger partial charge in [-0.3, -0.25) is 0 Å². The highest BCUT2D eigenvalue weighted by Gasteiger charge is 2.26. The van der Waals surface area contributed by atoms with Crippen LogP contribution >= 0.6 is 0 Å². The second-order valence-corrected chi connectivity index (χ2v) is 8.84. The molecule has 0 saturated carbocycles. The van der Waals surface area contributed by atoms with Crippen LogP contribution < -0.4 is 9.47 Å². The zero-order valence-electron chi connectivity index (χ0n) is 21.1. The van der Waals surface area contributed by atoms with Crippen molar-refractivity contribution in [1.29, 1.82) is 0 Å². The van der Waals surface area contributed by atoms with Gasteiger partial charge < -0.3 is 18.9 Å². The highest BCUT2D eigenvalue weighted by atomic mass is 16.6. The third-order valence-electron chi connectivity index (χ3n) is 6.32. The quantitative estimate of drug-likeness (QED) is 0.282. The molecule has 0 spiro atoms. The van der Waals surface area contributed by atoms with Gasteiger partial charge in [-0.05, 0) is 51.5 Å². The molecule has 2 atom stereocenters. The first-order valence-electron chi connectivity index (χ1n) is 12.4. The van der Waals surface area contributed by atoms with Crippen LogP contribution in [0.5, 0.6) is 11.5 Å². The van der Waals surface area contributed by atoms with E-state index in [9.17, 15) is 9.59 Å². The number of ether oxygens (including phenoxy) is 4. The number of esters is 2. The molecule has 35 heavy (non-hydrogen) atoms. The van der Waals surface area contributed by atoms with Crippen LogP contribution in [0.2, 0.25) is 0 Å². The van der Waals surface area contributed by atoms with Crippen molar-refractivity contribution < 1.29 is 28.5 Å². The predicted molar refractivity (Wildman–Crippen MR) is 137 cm³/mol. The molecule has 188 valence electrons. The Morgan fingerprint density at radius 1 is 0.857 bits per heavy atom. The number of aryl methyl sites for hydroxylation is 1. The van der Waals surface area contributed by atoms with Crippen LogP contribution in [0.4, 0.5) is 0 Å². The first-order valence-corrected chi connectivity index (χ1v) is 12.4. The molecule has 0 bridgehead atoms. The zero-order valence-corrected chi connectivity index (χ0v) is 21.1. The molecule has 0 radical (unpaired) electrons. The zero-order chi connectivity index (χ0) is 25.4. The highest BCUT2D eigenvalue weighted by Crippen LogP contribution is 2.44. The summed E-state index contributed by atoms with van der Waals surface area (Å²) >= 11 is 0. The molecule has 2 aromatic rings. The normalized spacial score (nSPS) is 14.4.